The molecule has 1 aliphatic carbocycles. The zero-order valence-corrected chi connectivity index (χ0v) is 13.8. The van der Waals surface area contributed by atoms with E-state index in [1.165, 1.54) is 27.3 Å². The highest BCUT2D eigenvalue weighted by atomic mass is 35.6. The van der Waals surface area contributed by atoms with Crippen molar-refractivity contribution in [2.24, 2.45) is 0 Å². The van der Waals surface area contributed by atoms with Crippen LogP contribution >= 0.6 is 11.1 Å². The molecule has 1 heterocycles. The quantitative estimate of drug-likeness (QED) is 0.540. The molecule has 0 spiro atoms. The Bertz CT molecular complexity index is 733. The first-order chi connectivity index (χ1) is 9.47. The van der Waals surface area contributed by atoms with Crippen LogP contribution in [0, 0.1) is 0 Å². The molecule has 1 aromatic carbocycles. The van der Waals surface area contributed by atoms with Gasteiger partial charge in [0.05, 0.1) is 5.52 Å². The average molecular weight is 300 g/mol. The first-order valence-electron chi connectivity index (χ1n) is 6.90. The lowest BCUT2D eigenvalue weighted by Crippen LogP contribution is -2.19. The van der Waals surface area contributed by atoms with E-state index in [9.17, 15) is 0 Å². The van der Waals surface area contributed by atoms with E-state index >= 15 is 0 Å². The van der Waals surface area contributed by atoms with Gasteiger partial charge in [-0.05, 0) is 30.6 Å². The number of aromatic nitrogens is 1. The molecule has 1 aliphatic rings. The third kappa shape index (κ3) is 2.34. The van der Waals surface area contributed by atoms with E-state index in [2.05, 4.69) is 55.3 Å². The highest BCUT2D eigenvalue weighted by molar-refractivity contribution is 7.23. The van der Waals surface area contributed by atoms with Gasteiger partial charge >= 0.3 is 0 Å². The fraction of sp³-hybridized carbons (Fsp3) is 0.235. The maximum Gasteiger partial charge on any atom is 0.177 e. The van der Waals surface area contributed by atoms with Gasteiger partial charge in [-0.25, -0.2) is 0 Å². The van der Waals surface area contributed by atoms with Crippen LogP contribution in [-0.2, 0) is 0 Å². The van der Waals surface area contributed by atoms with Crippen molar-refractivity contribution >= 4 is 34.9 Å². The third-order valence-corrected chi connectivity index (χ3v) is 6.53. The molecule has 102 valence electrons. The normalized spacial score (nSPS) is 15.9. The van der Waals surface area contributed by atoms with Gasteiger partial charge < -0.3 is 0 Å². The van der Waals surface area contributed by atoms with Gasteiger partial charge in [-0.3, -0.25) is 4.98 Å². The van der Waals surface area contributed by atoms with Crippen LogP contribution in [0.5, 0.6) is 0 Å². The number of hydrogen-bond donors (Lipinski definition) is 0. The molecule has 0 radical (unpaired) electrons. The Kier molecular flexibility index (Phi) is 3.31. The monoisotopic (exact) mass is 299 g/mol. The standard InChI is InChI=1S/C17H18ClNSi/c1-12-10-14(20(2,3)18)11-16(12)15-8-4-6-13-7-5-9-19-17(13)15/h4-10H,11H2,1-3H3. The second kappa shape index (κ2) is 4.87. The lowest BCUT2D eigenvalue weighted by atomic mass is 9.99. The molecule has 0 saturated carbocycles. The summed E-state index contributed by atoms with van der Waals surface area (Å²) in [6.45, 7) is 6.57. The van der Waals surface area contributed by atoms with Crippen LogP contribution in [0.3, 0.4) is 0 Å². The van der Waals surface area contributed by atoms with E-state index < -0.39 is 7.38 Å². The van der Waals surface area contributed by atoms with Crippen molar-refractivity contribution in [2.75, 3.05) is 0 Å². The van der Waals surface area contributed by atoms with Gasteiger partial charge in [0.25, 0.3) is 0 Å². The van der Waals surface area contributed by atoms with Crippen LogP contribution in [0.4, 0.5) is 0 Å². The van der Waals surface area contributed by atoms with E-state index in [1.807, 2.05) is 12.3 Å². The summed E-state index contributed by atoms with van der Waals surface area (Å²) in [5.74, 6) is 0. The van der Waals surface area contributed by atoms with Crippen LogP contribution in [0.15, 0.2) is 53.4 Å². The Morgan fingerprint density at radius 2 is 1.90 bits per heavy atom. The SMILES string of the molecule is CC1=C(c2cccc3cccnc23)CC([Si](C)(C)Cl)=C1. The Hall–Kier alpha value is -1.38. The maximum atomic E-state index is 6.60. The summed E-state index contributed by atoms with van der Waals surface area (Å²) in [7, 11) is -1.74. The number of rotatable bonds is 2. The number of benzene rings is 1. The molecule has 0 N–H and O–H groups in total. The molecule has 0 atom stereocenters. The predicted molar refractivity (Wildman–Crippen MR) is 90.4 cm³/mol. The van der Waals surface area contributed by atoms with Crippen molar-refractivity contribution in [3.63, 3.8) is 0 Å². The zero-order chi connectivity index (χ0) is 14.3. The average Bonchev–Trinajstić information content (AvgIpc) is 2.80. The number of halogens is 1. The molecule has 1 aromatic heterocycles. The molecule has 0 bridgehead atoms. The third-order valence-electron chi connectivity index (χ3n) is 3.96. The molecule has 1 nitrogen and oxygen atoms in total. The fourth-order valence-electron chi connectivity index (χ4n) is 2.77. The minimum Gasteiger partial charge on any atom is -0.256 e. The highest BCUT2D eigenvalue weighted by Crippen LogP contribution is 2.40. The number of pyridine rings is 1. The number of hydrogen-bond acceptors (Lipinski definition) is 1. The first-order valence-corrected chi connectivity index (χ1v) is 10.9. The van der Waals surface area contributed by atoms with E-state index in [1.54, 1.807) is 0 Å². The van der Waals surface area contributed by atoms with E-state index in [0.29, 0.717) is 0 Å². The molecule has 0 fully saturated rings. The Morgan fingerprint density at radius 3 is 2.60 bits per heavy atom. The van der Waals surface area contributed by atoms with Crippen molar-refractivity contribution in [3.8, 4) is 0 Å². The van der Waals surface area contributed by atoms with Crippen molar-refractivity contribution < 1.29 is 0 Å². The summed E-state index contributed by atoms with van der Waals surface area (Å²) in [6, 6.07) is 10.5. The van der Waals surface area contributed by atoms with Crippen LogP contribution in [0.25, 0.3) is 16.5 Å². The second-order valence-electron chi connectivity index (χ2n) is 5.86. The van der Waals surface area contributed by atoms with E-state index in [-0.39, 0.29) is 0 Å². The number of allylic oxidation sites excluding steroid dienone is 4. The smallest absolute Gasteiger partial charge is 0.177 e. The maximum absolute atomic E-state index is 6.60. The lowest BCUT2D eigenvalue weighted by Gasteiger charge is -2.16. The molecular weight excluding hydrogens is 282 g/mol. The van der Waals surface area contributed by atoms with E-state index in [4.69, 9.17) is 11.1 Å². The Labute approximate surface area is 125 Å². The van der Waals surface area contributed by atoms with Gasteiger partial charge in [0.1, 0.15) is 0 Å². The number of para-hydroxylation sites is 1. The van der Waals surface area contributed by atoms with Crippen molar-refractivity contribution in [1.82, 2.24) is 4.98 Å². The van der Waals surface area contributed by atoms with Crippen LogP contribution in [0.2, 0.25) is 13.1 Å². The van der Waals surface area contributed by atoms with Crippen molar-refractivity contribution in [2.45, 2.75) is 26.4 Å². The molecule has 0 unspecified atom stereocenters. The lowest BCUT2D eigenvalue weighted by molar-refractivity contribution is 1.34. The molecule has 2 aromatic rings. The number of fused-ring (bicyclic) bond motifs is 1. The zero-order valence-electron chi connectivity index (χ0n) is 12.1. The van der Waals surface area contributed by atoms with Crippen LogP contribution < -0.4 is 0 Å². The molecular formula is C17H18ClNSi. The van der Waals surface area contributed by atoms with Gasteiger partial charge in [0.15, 0.2) is 7.38 Å². The summed E-state index contributed by atoms with van der Waals surface area (Å²) in [6.07, 6.45) is 5.13. The van der Waals surface area contributed by atoms with Gasteiger partial charge in [0, 0.05) is 17.1 Å². The molecule has 0 saturated heterocycles. The fourth-order valence-corrected chi connectivity index (χ4v) is 4.29. The first kappa shape index (κ1) is 13.6. The highest BCUT2D eigenvalue weighted by Gasteiger charge is 2.28. The van der Waals surface area contributed by atoms with Crippen LogP contribution in [0.1, 0.15) is 18.9 Å². The van der Waals surface area contributed by atoms with Gasteiger partial charge in [-0.1, -0.05) is 48.6 Å². The molecule has 3 rings (SSSR count). The van der Waals surface area contributed by atoms with Gasteiger partial charge in [0.2, 0.25) is 0 Å². The number of nitrogens with zero attached hydrogens (tertiary/aromatic N) is 1. The minimum atomic E-state index is -1.74. The summed E-state index contributed by atoms with van der Waals surface area (Å²) in [5.41, 5.74) is 5.06. The van der Waals surface area contributed by atoms with Crippen LogP contribution in [-0.4, -0.2) is 12.4 Å². The topological polar surface area (TPSA) is 12.9 Å². The van der Waals surface area contributed by atoms with Crippen molar-refractivity contribution in [3.05, 3.63) is 58.9 Å². The summed E-state index contributed by atoms with van der Waals surface area (Å²) in [5, 5.41) is 2.61. The minimum absolute atomic E-state index is 0.976. The molecule has 0 aliphatic heterocycles. The predicted octanol–water partition coefficient (Wildman–Crippen LogP) is 5.32. The van der Waals surface area contributed by atoms with Gasteiger partial charge in [-0.15, -0.1) is 0 Å². The van der Waals surface area contributed by atoms with Crippen molar-refractivity contribution in [1.29, 1.82) is 0 Å². The molecule has 20 heavy (non-hydrogen) atoms. The Balaban J connectivity index is 2.09. The molecule has 0 amide bonds. The van der Waals surface area contributed by atoms with E-state index in [0.717, 1.165) is 11.9 Å². The molecule has 3 heteroatoms. The summed E-state index contributed by atoms with van der Waals surface area (Å²) in [4.78, 5) is 4.57. The Morgan fingerprint density at radius 1 is 1.15 bits per heavy atom. The summed E-state index contributed by atoms with van der Waals surface area (Å²) < 4.78 is 0. The summed E-state index contributed by atoms with van der Waals surface area (Å²) >= 11 is 6.60. The van der Waals surface area contributed by atoms with Gasteiger partial charge in [-0.2, -0.15) is 11.1 Å². The second-order valence-corrected chi connectivity index (χ2v) is 12.3. The largest absolute Gasteiger partial charge is 0.256 e.